The molecule has 1 aromatic heterocycles. The summed E-state index contributed by atoms with van der Waals surface area (Å²) in [5.74, 6) is -0.238. The molecule has 2 rings (SSSR count). The first-order valence-corrected chi connectivity index (χ1v) is 6.53. The second kappa shape index (κ2) is 4.83. The number of aromatic nitrogens is 1. The summed E-state index contributed by atoms with van der Waals surface area (Å²) in [5.41, 5.74) is 0. The Balaban J connectivity index is 2.08. The molecular formula is C11H15N3O2S. The predicted octanol–water partition coefficient (Wildman–Crippen LogP) is 1.48. The quantitative estimate of drug-likeness (QED) is 0.826. The molecule has 2 atom stereocenters. The number of likely N-dealkylation sites (tertiary alicyclic amines) is 1. The summed E-state index contributed by atoms with van der Waals surface area (Å²) in [6, 6.07) is -0.485. The standard InChI is InChI=1S/C11H15N3O2S/c1-3-7(2)14-9(15)6-8(10(14)16)13-11-12-4-5-17-11/h4-5,7-8H,3,6H2,1-2H3,(H,12,13). The average Bonchev–Trinajstić information content (AvgIpc) is 2.89. The number of carbonyl (C=O) groups excluding carboxylic acids is 2. The van der Waals surface area contributed by atoms with Gasteiger partial charge in [0.25, 0.3) is 5.91 Å². The number of anilines is 1. The molecule has 0 bridgehead atoms. The molecule has 0 spiro atoms. The molecule has 17 heavy (non-hydrogen) atoms. The highest BCUT2D eigenvalue weighted by molar-refractivity contribution is 7.13. The van der Waals surface area contributed by atoms with Gasteiger partial charge in [-0.15, -0.1) is 11.3 Å². The molecule has 5 nitrogen and oxygen atoms in total. The van der Waals surface area contributed by atoms with E-state index in [4.69, 9.17) is 0 Å². The minimum Gasteiger partial charge on any atom is -0.349 e. The van der Waals surface area contributed by atoms with Gasteiger partial charge in [0.05, 0.1) is 6.42 Å². The predicted molar refractivity (Wildman–Crippen MR) is 65.7 cm³/mol. The van der Waals surface area contributed by atoms with Crippen LogP contribution in [0, 0.1) is 0 Å². The van der Waals surface area contributed by atoms with E-state index in [1.807, 2.05) is 19.2 Å². The van der Waals surface area contributed by atoms with Gasteiger partial charge in [0, 0.05) is 17.6 Å². The summed E-state index contributed by atoms with van der Waals surface area (Å²) in [5, 5.41) is 5.52. The Bertz CT molecular complexity index is 418. The number of thiazole rings is 1. The second-order valence-electron chi connectivity index (χ2n) is 4.10. The summed E-state index contributed by atoms with van der Waals surface area (Å²) in [6.07, 6.45) is 2.67. The lowest BCUT2D eigenvalue weighted by Crippen LogP contribution is -2.40. The van der Waals surface area contributed by atoms with Crippen molar-refractivity contribution in [2.24, 2.45) is 0 Å². The van der Waals surface area contributed by atoms with E-state index in [0.717, 1.165) is 6.42 Å². The summed E-state index contributed by atoms with van der Waals surface area (Å²) in [4.78, 5) is 29.3. The van der Waals surface area contributed by atoms with Crippen LogP contribution in [0.5, 0.6) is 0 Å². The number of imide groups is 1. The molecule has 1 aliphatic heterocycles. The van der Waals surface area contributed by atoms with E-state index in [-0.39, 0.29) is 24.3 Å². The highest BCUT2D eigenvalue weighted by Crippen LogP contribution is 2.22. The summed E-state index contributed by atoms with van der Waals surface area (Å²) in [6.45, 7) is 3.86. The lowest BCUT2D eigenvalue weighted by Gasteiger charge is -2.21. The molecule has 1 aliphatic rings. The van der Waals surface area contributed by atoms with Crippen molar-refractivity contribution in [1.29, 1.82) is 0 Å². The van der Waals surface area contributed by atoms with Gasteiger partial charge < -0.3 is 5.32 Å². The number of carbonyl (C=O) groups is 2. The first-order chi connectivity index (χ1) is 8.13. The zero-order chi connectivity index (χ0) is 12.4. The summed E-state index contributed by atoms with van der Waals surface area (Å²) < 4.78 is 0. The first-order valence-electron chi connectivity index (χ1n) is 5.65. The fourth-order valence-electron chi connectivity index (χ4n) is 1.85. The Labute approximate surface area is 104 Å². The van der Waals surface area contributed by atoms with Gasteiger partial charge in [-0.2, -0.15) is 0 Å². The van der Waals surface area contributed by atoms with Crippen LogP contribution in [0.15, 0.2) is 11.6 Å². The van der Waals surface area contributed by atoms with Crippen molar-refractivity contribution >= 4 is 28.3 Å². The van der Waals surface area contributed by atoms with E-state index in [1.54, 1.807) is 6.20 Å². The van der Waals surface area contributed by atoms with Crippen molar-refractivity contribution in [2.45, 2.75) is 38.8 Å². The van der Waals surface area contributed by atoms with Crippen molar-refractivity contribution in [3.63, 3.8) is 0 Å². The topological polar surface area (TPSA) is 62.3 Å². The number of amides is 2. The molecule has 0 aliphatic carbocycles. The van der Waals surface area contributed by atoms with Crippen LogP contribution >= 0.6 is 11.3 Å². The molecule has 2 amide bonds. The molecule has 1 N–H and O–H groups in total. The molecule has 0 radical (unpaired) electrons. The Morgan fingerprint density at radius 2 is 2.41 bits per heavy atom. The zero-order valence-electron chi connectivity index (χ0n) is 9.84. The van der Waals surface area contributed by atoms with Crippen molar-refractivity contribution in [3.05, 3.63) is 11.6 Å². The van der Waals surface area contributed by atoms with Gasteiger partial charge >= 0.3 is 0 Å². The average molecular weight is 253 g/mol. The van der Waals surface area contributed by atoms with E-state index in [9.17, 15) is 9.59 Å². The maximum Gasteiger partial charge on any atom is 0.252 e. The van der Waals surface area contributed by atoms with Crippen molar-refractivity contribution in [3.8, 4) is 0 Å². The Morgan fingerprint density at radius 3 is 3.00 bits per heavy atom. The monoisotopic (exact) mass is 253 g/mol. The zero-order valence-corrected chi connectivity index (χ0v) is 10.7. The summed E-state index contributed by atoms with van der Waals surface area (Å²) in [7, 11) is 0. The van der Waals surface area contributed by atoms with Crippen LogP contribution in [0.2, 0.25) is 0 Å². The molecule has 2 unspecified atom stereocenters. The highest BCUT2D eigenvalue weighted by Gasteiger charge is 2.40. The van der Waals surface area contributed by atoms with Gasteiger partial charge in [0.15, 0.2) is 5.13 Å². The van der Waals surface area contributed by atoms with Gasteiger partial charge in [0.2, 0.25) is 5.91 Å². The molecule has 2 heterocycles. The number of rotatable bonds is 4. The molecule has 1 fully saturated rings. The second-order valence-corrected chi connectivity index (χ2v) is 4.99. The molecular weight excluding hydrogens is 238 g/mol. The number of nitrogens with one attached hydrogen (secondary N) is 1. The molecule has 1 aromatic rings. The van der Waals surface area contributed by atoms with E-state index >= 15 is 0 Å². The molecule has 92 valence electrons. The van der Waals surface area contributed by atoms with Crippen LogP contribution in [0.25, 0.3) is 0 Å². The van der Waals surface area contributed by atoms with Gasteiger partial charge in [-0.1, -0.05) is 6.92 Å². The minimum absolute atomic E-state index is 0.0295. The third-order valence-electron chi connectivity index (χ3n) is 2.94. The normalized spacial score (nSPS) is 22.0. The van der Waals surface area contributed by atoms with Crippen LogP contribution in [-0.2, 0) is 9.59 Å². The maximum absolute atomic E-state index is 12.1. The Morgan fingerprint density at radius 1 is 1.65 bits per heavy atom. The van der Waals surface area contributed by atoms with Crippen LogP contribution < -0.4 is 5.32 Å². The van der Waals surface area contributed by atoms with E-state index in [1.165, 1.54) is 16.2 Å². The van der Waals surface area contributed by atoms with Crippen LogP contribution in [0.1, 0.15) is 26.7 Å². The van der Waals surface area contributed by atoms with E-state index in [0.29, 0.717) is 5.13 Å². The van der Waals surface area contributed by atoms with Crippen LogP contribution in [0.4, 0.5) is 5.13 Å². The lowest BCUT2D eigenvalue weighted by atomic mass is 10.2. The highest BCUT2D eigenvalue weighted by atomic mass is 32.1. The van der Waals surface area contributed by atoms with Gasteiger partial charge in [-0.25, -0.2) is 4.98 Å². The van der Waals surface area contributed by atoms with Crippen molar-refractivity contribution in [1.82, 2.24) is 9.88 Å². The summed E-state index contributed by atoms with van der Waals surface area (Å²) >= 11 is 1.42. The maximum atomic E-state index is 12.1. The van der Waals surface area contributed by atoms with Gasteiger partial charge in [-0.05, 0) is 13.3 Å². The van der Waals surface area contributed by atoms with E-state index < -0.39 is 6.04 Å². The largest absolute Gasteiger partial charge is 0.349 e. The lowest BCUT2D eigenvalue weighted by molar-refractivity contribution is -0.140. The van der Waals surface area contributed by atoms with Crippen LogP contribution in [0.3, 0.4) is 0 Å². The fraction of sp³-hybridized carbons (Fsp3) is 0.545. The number of hydrogen-bond acceptors (Lipinski definition) is 5. The SMILES string of the molecule is CCC(C)N1C(=O)CC(Nc2nccs2)C1=O. The van der Waals surface area contributed by atoms with E-state index in [2.05, 4.69) is 10.3 Å². The third kappa shape index (κ3) is 2.31. The Hall–Kier alpha value is -1.43. The molecule has 0 saturated carbocycles. The van der Waals surface area contributed by atoms with Gasteiger partial charge in [0.1, 0.15) is 6.04 Å². The van der Waals surface area contributed by atoms with Gasteiger partial charge in [-0.3, -0.25) is 14.5 Å². The number of hydrogen-bond donors (Lipinski definition) is 1. The molecule has 0 aromatic carbocycles. The third-order valence-corrected chi connectivity index (χ3v) is 3.65. The molecule has 1 saturated heterocycles. The minimum atomic E-state index is -0.456. The fourth-order valence-corrected chi connectivity index (χ4v) is 2.44. The number of nitrogens with zero attached hydrogens (tertiary/aromatic N) is 2. The van der Waals surface area contributed by atoms with Crippen molar-refractivity contribution < 1.29 is 9.59 Å². The smallest absolute Gasteiger partial charge is 0.252 e. The first kappa shape index (κ1) is 12.0. The molecule has 6 heteroatoms. The Kier molecular flexibility index (Phi) is 3.42. The van der Waals surface area contributed by atoms with Crippen molar-refractivity contribution in [2.75, 3.05) is 5.32 Å². The van der Waals surface area contributed by atoms with Crippen LogP contribution in [-0.4, -0.2) is 33.8 Å².